The molecule has 19 heavy (non-hydrogen) atoms. The first-order chi connectivity index (χ1) is 9.31. The van der Waals surface area contributed by atoms with Crippen molar-refractivity contribution in [3.63, 3.8) is 0 Å². The Labute approximate surface area is 114 Å². The maximum atomic E-state index is 5.59. The Morgan fingerprint density at radius 3 is 2.42 bits per heavy atom. The summed E-state index contributed by atoms with van der Waals surface area (Å²) in [4.78, 5) is 12.6. The van der Waals surface area contributed by atoms with Crippen molar-refractivity contribution in [2.45, 2.75) is 39.5 Å². The first kappa shape index (κ1) is 13.8. The molecule has 0 aromatic carbocycles. The normalized spacial score (nSPS) is 14.2. The number of nitrogens with one attached hydrogen (secondary N) is 1. The quantitative estimate of drug-likeness (QED) is 0.739. The molecule has 0 atom stereocenters. The van der Waals surface area contributed by atoms with Crippen LogP contribution >= 0.6 is 0 Å². The molecule has 1 N–H and O–H groups in total. The SMILES string of the molecule is CCCNc1nc(OCCC)nc(OCC2CC2)n1. The van der Waals surface area contributed by atoms with Gasteiger partial charge in [-0.25, -0.2) is 0 Å². The molecule has 0 aliphatic heterocycles. The van der Waals surface area contributed by atoms with Crippen molar-refractivity contribution < 1.29 is 9.47 Å². The average molecular weight is 266 g/mol. The molecule has 0 spiro atoms. The lowest BCUT2D eigenvalue weighted by Gasteiger charge is -2.09. The molecule has 0 unspecified atom stereocenters. The Morgan fingerprint density at radius 2 is 1.79 bits per heavy atom. The van der Waals surface area contributed by atoms with Gasteiger partial charge in [-0.1, -0.05) is 13.8 Å². The highest BCUT2D eigenvalue weighted by atomic mass is 16.5. The topological polar surface area (TPSA) is 69.2 Å². The second-order valence-corrected chi connectivity index (χ2v) is 4.75. The van der Waals surface area contributed by atoms with E-state index >= 15 is 0 Å². The zero-order valence-corrected chi connectivity index (χ0v) is 11.7. The first-order valence-corrected chi connectivity index (χ1v) is 7.07. The Bertz CT molecular complexity index is 370. The Kier molecular flexibility index (Phi) is 5.18. The fourth-order valence-corrected chi connectivity index (χ4v) is 1.45. The zero-order valence-electron chi connectivity index (χ0n) is 11.7. The van der Waals surface area contributed by atoms with Crippen molar-refractivity contribution in [1.82, 2.24) is 15.0 Å². The first-order valence-electron chi connectivity index (χ1n) is 7.07. The van der Waals surface area contributed by atoms with Gasteiger partial charge in [-0.2, -0.15) is 9.97 Å². The lowest BCUT2D eigenvalue weighted by molar-refractivity contribution is 0.254. The van der Waals surface area contributed by atoms with Crippen molar-refractivity contribution in [2.75, 3.05) is 25.1 Å². The van der Waals surface area contributed by atoms with E-state index in [1.54, 1.807) is 0 Å². The minimum Gasteiger partial charge on any atom is -0.463 e. The van der Waals surface area contributed by atoms with E-state index in [0.717, 1.165) is 19.4 Å². The molecule has 2 rings (SSSR count). The van der Waals surface area contributed by atoms with Crippen molar-refractivity contribution >= 4 is 5.95 Å². The Hall–Kier alpha value is -1.59. The summed E-state index contributed by atoms with van der Waals surface area (Å²) in [6.45, 7) is 6.23. The summed E-state index contributed by atoms with van der Waals surface area (Å²) in [5, 5.41) is 3.13. The summed E-state index contributed by atoms with van der Waals surface area (Å²) in [5.74, 6) is 1.19. The van der Waals surface area contributed by atoms with Gasteiger partial charge in [-0.05, 0) is 31.6 Å². The Balaban J connectivity index is 2.00. The van der Waals surface area contributed by atoms with Gasteiger partial charge in [-0.15, -0.1) is 4.98 Å². The maximum Gasteiger partial charge on any atom is 0.324 e. The summed E-state index contributed by atoms with van der Waals surface area (Å²) in [6.07, 6.45) is 4.41. The molecule has 6 heteroatoms. The van der Waals surface area contributed by atoms with E-state index < -0.39 is 0 Å². The summed E-state index contributed by atoms with van der Waals surface area (Å²) < 4.78 is 11.0. The zero-order chi connectivity index (χ0) is 13.5. The van der Waals surface area contributed by atoms with Crippen molar-refractivity contribution in [1.29, 1.82) is 0 Å². The van der Waals surface area contributed by atoms with Gasteiger partial charge in [0.1, 0.15) is 0 Å². The summed E-state index contributed by atoms with van der Waals surface area (Å²) in [7, 11) is 0. The summed E-state index contributed by atoms with van der Waals surface area (Å²) in [5.41, 5.74) is 0. The van der Waals surface area contributed by atoms with E-state index in [1.165, 1.54) is 12.8 Å². The van der Waals surface area contributed by atoms with Gasteiger partial charge in [0.05, 0.1) is 13.2 Å². The second-order valence-electron chi connectivity index (χ2n) is 4.75. The van der Waals surface area contributed by atoms with Crippen molar-refractivity contribution in [3.8, 4) is 12.0 Å². The van der Waals surface area contributed by atoms with Crippen molar-refractivity contribution in [2.24, 2.45) is 5.92 Å². The fraction of sp³-hybridized carbons (Fsp3) is 0.769. The minimum atomic E-state index is 0.334. The molecule has 1 heterocycles. The van der Waals surface area contributed by atoms with Crippen LogP contribution in [0.15, 0.2) is 0 Å². The highest BCUT2D eigenvalue weighted by Crippen LogP contribution is 2.29. The van der Waals surface area contributed by atoms with E-state index in [9.17, 15) is 0 Å². The lowest BCUT2D eigenvalue weighted by Crippen LogP contribution is -2.11. The van der Waals surface area contributed by atoms with Crippen LogP contribution in [0.3, 0.4) is 0 Å². The maximum absolute atomic E-state index is 5.59. The van der Waals surface area contributed by atoms with E-state index in [4.69, 9.17) is 9.47 Å². The molecule has 0 amide bonds. The molecular formula is C13H22N4O2. The van der Waals surface area contributed by atoms with Crippen LogP contribution in [0.25, 0.3) is 0 Å². The predicted octanol–water partition coefficient (Wildman–Crippen LogP) is 2.27. The van der Waals surface area contributed by atoms with Gasteiger partial charge in [0, 0.05) is 6.54 Å². The smallest absolute Gasteiger partial charge is 0.324 e. The standard InChI is InChI=1S/C13H22N4O2/c1-3-7-14-11-15-12(18-8-4-2)17-13(16-11)19-9-10-5-6-10/h10H,3-9H2,1-2H3,(H,14,15,16,17). The van der Waals surface area contributed by atoms with Crippen LogP contribution in [0, 0.1) is 5.92 Å². The number of hydrogen-bond donors (Lipinski definition) is 1. The number of rotatable bonds is 9. The number of hydrogen-bond acceptors (Lipinski definition) is 6. The largest absolute Gasteiger partial charge is 0.463 e. The molecule has 1 fully saturated rings. The van der Waals surface area contributed by atoms with E-state index in [-0.39, 0.29) is 0 Å². The molecule has 1 aromatic rings. The molecule has 1 aromatic heterocycles. The third-order valence-corrected chi connectivity index (χ3v) is 2.71. The Morgan fingerprint density at radius 1 is 1.05 bits per heavy atom. The van der Waals surface area contributed by atoms with Crippen LogP contribution in [0.2, 0.25) is 0 Å². The molecule has 1 aliphatic carbocycles. The van der Waals surface area contributed by atoms with Crippen LogP contribution in [-0.2, 0) is 0 Å². The van der Waals surface area contributed by atoms with Gasteiger partial charge in [-0.3, -0.25) is 0 Å². The number of anilines is 1. The van der Waals surface area contributed by atoms with Gasteiger partial charge in [0.25, 0.3) is 0 Å². The van der Waals surface area contributed by atoms with Crippen molar-refractivity contribution in [3.05, 3.63) is 0 Å². The van der Waals surface area contributed by atoms with Gasteiger partial charge < -0.3 is 14.8 Å². The molecule has 0 saturated heterocycles. The monoisotopic (exact) mass is 266 g/mol. The van der Waals surface area contributed by atoms with Gasteiger partial charge >= 0.3 is 12.0 Å². The van der Waals surface area contributed by atoms with Crippen LogP contribution in [0.1, 0.15) is 39.5 Å². The highest BCUT2D eigenvalue weighted by molar-refractivity contribution is 5.27. The average Bonchev–Trinajstić information content (AvgIpc) is 3.25. The third-order valence-electron chi connectivity index (χ3n) is 2.71. The fourth-order valence-electron chi connectivity index (χ4n) is 1.45. The van der Waals surface area contributed by atoms with Gasteiger partial charge in [0.2, 0.25) is 5.95 Å². The van der Waals surface area contributed by atoms with Crippen LogP contribution < -0.4 is 14.8 Å². The molecule has 0 bridgehead atoms. The molecule has 1 aliphatic rings. The molecule has 1 saturated carbocycles. The second kappa shape index (κ2) is 7.11. The summed E-state index contributed by atoms with van der Waals surface area (Å²) in [6, 6.07) is 0.688. The molecule has 106 valence electrons. The lowest BCUT2D eigenvalue weighted by atomic mass is 10.5. The number of ether oxygens (including phenoxy) is 2. The predicted molar refractivity (Wildman–Crippen MR) is 72.6 cm³/mol. The van der Waals surface area contributed by atoms with Crippen LogP contribution in [0.5, 0.6) is 12.0 Å². The van der Waals surface area contributed by atoms with Crippen LogP contribution in [0.4, 0.5) is 5.95 Å². The summed E-state index contributed by atoms with van der Waals surface area (Å²) >= 11 is 0. The number of nitrogens with zero attached hydrogens (tertiary/aromatic N) is 3. The number of aromatic nitrogens is 3. The molecule has 6 nitrogen and oxygen atoms in total. The van der Waals surface area contributed by atoms with Crippen LogP contribution in [-0.4, -0.2) is 34.7 Å². The van der Waals surface area contributed by atoms with E-state index in [2.05, 4.69) is 27.2 Å². The highest BCUT2D eigenvalue weighted by Gasteiger charge is 2.22. The van der Waals surface area contributed by atoms with E-state index in [1.807, 2.05) is 6.92 Å². The van der Waals surface area contributed by atoms with Gasteiger partial charge in [0.15, 0.2) is 0 Å². The molecule has 0 radical (unpaired) electrons. The third kappa shape index (κ3) is 4.89. The van der Waals surface area contributed by atoms with E-state index in [0.29, 0.717) is 37.1 Å². The molecular weight excluding hydrogens is 244 g/mol. The minimum absolute atomic E-state index is 0.334.